The summed E-state index contributed by atoms with van der Waals surface area (Å²) in [6, 6.07) is 0. The van der Waals surface area contributed by atoms with Gasteiger partial charge >= 0.3 is 0 Å². The number of nitrogens with zero attached hydrogens (tertiary/aromatic N) is 3. The Hall–Kier alpha value is -2.31. The van der Waals surface area contributed by atoms with E-state index in [-0.39, 0.29) is 28.2 Å². The first-order valence-corrected chi connectivity index (χ1v) is 7.10. The van der Waals surface area contributed by atoms with E-state index < -0.39 is 37.1 Å². The van der Waals surface area contributed by atoms with Gasteiger partial charge in [-0.2, -0.15) is 0 Å². The molecule has 0 unspecified atom stereocenters. The number of aromatic nitrogens is 3. The predicted octanol–water partition coefficient (Wildman–Crippen LogP) is -1.75. The van der Waals surface area contributed by atoms with Crippen LogP contribution < -0.4 is 11.2 Å². The van der Waals surface area contributed by atoms with Crippen LogP contribution in [-0.2, 0) is 4.74 Å². The van der Waals surface area contributed by atoms with E-state index in [2.05, 4.69) is 9.97 Å². The van der Waals surface area contributed by atoms with Crippen molar-refractivity contribution in [1.29, 1.82) is 0 Å². The first-order chi connectivity index (χ1) is 11.4. The van der Waals surface area contributed by atoms with Gasteiger partial charge in [-0.05, 0) is 6.92 Å². The van der Waals surface area contributed by atoms with E-state index in [4.69, 9.17) is 10.5 Å². The highest BCUT2D eigenvalue weighted by molar-refractivity contribution is 6.09. The number of fused-ring (bicyclic) bond motifs is 1. The molecule has 1 fully saturated rings. The molecule has 0 spiro atoms. The lowest BCUT2D eigenvalue weighted by atomic mass is 10.1. The number of hydrogen-bond donors (Lipinski definition) is 6. The van der Waals surface area contributed by atoms with Gasteiger partial charge in [0.25, 0.3) is 5.91 Å². The minimum atomic E-state index is -1.36. The second-order valence-corrected chi connectivity index (χ2v) is 5.47. The zero-order valence-corrected chi connectivity index (χ0v) is 12.6. The largest absolute Gasteiger partial charge is 0.394 e. The van der Waals surface area contributed by atoms with Crippen LogP contribution in [0.15, 0.2) is 6.20 Å². The van der Waals surface area contributed by atoms with Crippen molar-refractivity contribution in [2.45, 2.75) is 31.5 Å². The quantitative estimate of drug-likeness (QED) is 0.353. The van der Waals surface area contributed by atoms with E-state index in [0.29, 0.717) is 0 Å². The summed E-state index contributed by atoms with van der Waals surface area (Å²) in [5.74, 6) is -0.549. The van der Waals surface area contributed by atoms with Crippen molar-refractivity contribution in [1.82, 2.24) is 14.5 Å². The van der Waals surface area contributed by atoms with Crippen LogP contribution in [0.4, 0.5) is 5.82 Å². The fraction of sp³-hybridized carbons (Fsp3) is 0.462. The fourth-order valence-corrected chi connectivity index (χ4v) is 2.83. The Morgan fingerprint density at radius 3 is 2.67 bits per heavy atom. The highest BCUT2D eigenvalue weighted by Crippen LogP contribution is 2.35. The molecule has 0 radical (unpaired) electrons. The summed E-state index contributed by atoms with van der Waals surface area (Å²) in [7, 11) is 0. The monoisotopic (exact) mass is 339 g/mol. The number of nitrogens with one attached hydrogen (secondary N) is 1. The zero-order chi connectivity index (χ0) is 17.6. The molecule has 7 N–H and O–H groups in total. The highest BCUT2D eigenvalue weighted by Gasteiger charge is 2.44. The fourth-order valence-electron chi connectivity index (χ4n) is 2.83. The average molecular weight is 339 g/mol. The predicted molar refractivity (Wildman–Crippen MR) is 79.2 cm³/mol. The minimum Gasteiger partial charge on any atom is -0.394 e. The number of aliphatic hydroxyl groups is 3. The number of nitrogens with two attached hydrogens (primary N) is 1. The van der Waals surface area contributed by atoms with E-state index >= 15 is 0 Å². The molecule has 1 aliphatic heterocycles. The Morgan fingerprint density at radius 2 is 2.12 bits per heavy atom. The Bertz CT molecular complexity index is 793. The first-order valence-electron chi connectivity index (χ1n) is 7.10. The molecule has 11 nitrogen and oxygen atoms in total. The zero-order valence-electron chi connectivity index (χ0n) is 12.6. The third-order valence-electron chi connectivity index (χ3n) is 3.95. The van der Waals surface area contributed by atoms with Crippen LogP contribution in [0.5, 0.6) is 0 Å². The van der Waals surface area contributed by atoms with Crippen LogP contribution >= 0.6 is 0 Å². The molecule has 0 aromatic carbocycles. The van der Waals surface area contributed by atoms with Gasteiger partial charge in [-0.15, -0.1) is 0 Å². The van der Waals surface area contributed by atoms with Crippen molar-refractivity contribution >= 4 is 22.8 Å². The third-order valence-corrected chi connectivity index (χ3v) is 3.95. The van der Waals surface area contributed by atoms with Gasteiger partial charge in [0.1, 0.15) is 29.8 Å². The standard InChI is InChI=1S/C13H17N5O6/c1-4-15-11(17-23)7-5(10(14)22)2-18(12(7)16-4)13-9(21)8(20)6(3-19)24-13/h2,6,8-9,13,19-21,23H,3H2,1H3,(H2,14,22)(H,15,16,17)/t6-,8-,9-,13-/m1/s1. The van der Waals surface area contributed by atoms with Gasteiger partial charge in [-0.3, -0.25) is 15.5 Å². The second kappa shape index (κ2) is 5.96. The maximum absolute atomic E-state index is 11.7. The van der Waals surface area contributed by atoms with Crippen molar-refractivity contribution in [2.75, 3.05) is 12.1 Å². The van der Waals surface area contributed by atoms with E-state index in [1.54, 1.807) is 6.92 Å². The minimum absolute atomic E-state index is 0.000659. The normalized spacial score (nSPS) is 26.9. The van der Waals surface area contributed by atoms with E-state index in [1.807, 2.05) is 5.48 Å². The molecule has 3 rings (SSSR count). The number of hydrogen-bond acceptors (Lipinski definition) is 9. The van der Waals surface area contributed by atoms with Crippen molar-refractivity contribution in [2.24, 2.45) is 5.73 Å². The first kappa shape index (κ1) is 16.5. The number of primary amides is 1. The molecular weight excluding hydrogens is 322 g/mol. The lowest BCUT2D eigenvalue weighted by Gasteiger charge is -2.17. The van der Waals surface area contributed by atoms with Gasteiger partial charge < -0.3 is 30.4 Å². The van der Waals surface area contributed by atoms with Crippen molar-refractivity contribution in [3.63, 3.8) is 0 Å². The molecule has 3 heterocycles. The van der Waals surface area contributed by atoms with Gasteiger partial charge in [0.2, 0.25) is 0 Å². The molecule has 24 heavy (non-hydrogen) atoms. The number of aryl methyl sites for hydroxylation is 1. The Kier molecular flexibility index (Phi) is 4.11. The lowest BCUT2D eigenvalue weighted by molar-refractivity contribution is -0.0509. The average Bonchev–Trinajstić information content (AvgIpc) is 3.05. The third kappa shape index (κ3) is 2.39. The second-order valence-electron chi connectivity index (χ2n) is 5.47. The topological polar surface area (TPSA) is 176 Å². The Balaban J connectivity index is 2.22. The summed E-state index contributed by atoms with van der Waals surface area (Å²) in [5.41, 5.74) is 7.41. The van der Waals surface area contributed by atoms with Crippen LogP contribution in [-0.4, -0.2) is 65.9 Å². The lowest BCUT2D eigenvalue weighted by Crippen LogP contribution is -2.33. The van der Waals surface area contributed by atoms with E-state index in [0.717, 1.165) is 0 Å². The van der Waals surface area contributed by atoms with Crippen LogP contribution in [0.2, 0.25) is 0 Å². The van der Waals surface area contributed by atoms with Gasteiger partial charge in [0.05, 0.1) is 17.6 Å². The summed E-state index contributed by atoms with van der Waals surface area (Å²) in [6.45, 7) is 1.08. The molecule has 2 aromatic rings. The molecule has 4 atom stereocenters. The summed E-state index contributed by atoms with van der Waals surface area (Å²) in [4.78, 5) is 19.9. The number of aliphatic hydroxyl groups excluding tert-OH is 3. The highest BCUT2D eigenvalue weighted by atomic mass is 16.6. The Morgan fingerprint density at radius 1 is 1.42 bits per heavy atom. The number of carbonyl (C=O) groups is 1. The summed E-state index contributed by atoms with van der Waals surface area (Å²) < 4.78 is 6.77. The maximum Gasteiger partial charge on any atom is 0.251 e. The number of anilines is 1. The van der Waals surface area contributed by atoms with Gasteiger partial charge in [-0.25, -0.2) is 9.97 Å². The summed E-state index contributed by atoms with van der Waals surface area (Å²) >= 11 is 0. The summed E-state index contributed by atoms with van der Waals surface area (Å²) in [6.07, 6.45) is -3.47. The molecule has 130 valence electrons. The van der Waals surface area contributed by atoms with E-state index in [9.17, 15) is 25.3 Å². The maximum atomic E-state index is 11.7. The van der Waals surface area contributed by atoms with Crippen LogP contribution in [0, 0.1) is 6.92 Å². The molecule has 2 aromatic heterocycles. The molecule has 1 saturated heterocycles. The van der Waals surface area contributed by atoms with Gasteiger partial charge in [-0.1, -0.05) is 0 Å². The number of amides is 1. The molecule has 1 amide bonds. The van der Waals surface area contributed by atoms with Gasteiger partial charge in [0.15, 0.2) is 12.0 Å². The smallest absolute Gasteiger partial charge is 0.251 e. The van der Waals surface area contributed by atoms with Crippen LogP contribution in [0.25, 0.3) is 11.0 Å². The number of carbonyl (C=O) groups excluding carboxylic acids is 1. The Labute approximate surface area is 135 Å². The molecule has 0 saturated carbocycles. The number of rotatable bonds is 4. The molecular formula is C13H17N5O6. The molecule has 0 aliphatic carbocycles. The van der Waals surface area contributed by atoms with Gasteiger partial charge in [0, 0.05) is 6.20 Å². The SMILES string of the molecule is Cc1nc(NO)c2c(C(N)=O)cn([C@@H]3O[C@H](CO)[C@@H](O)[C@H]3O)c2n1. The van der Waals surface area contributed by atoms with Crippen molar-refractivity contribution in [3.8, 4) is 0 Å². The van der Waals surface area contributed by atoms with Crippen molar-refractivity contribution in [3.05, 3.63) is 17.6 Å². The molecule has 1 aliphatic rings. The molecule has 11 heteroatoms. The van der Waals surface area contributed by atoms with E-state index in [1.165, 1.54) is 10.8 Å². The summed E-state index contributed by atoms with van der Waals surface area (Å²) in [5, 5.41) is 38.7. The van der Waals surface area contributed by atoms with Crippen LogP contribution in [0.1, 0.15) is 22.4 Å². The van der Waals surface area contributed by atoms with Crippen molar-refractivity contribution < 1.29 is 30.1 Å². The number of ether oxygens (including phenoxy) is 1. The molecule has 0 bridgehead atoms. The van der Waals surface area contributed by atoms with Crippen LogP contribution in [0.3, 0.4) is 0 Å².